The molecule has 3 unspecified atom stereocenters. The second kappa shape index (κ2) is 75.5. The molecule has 0 radical (unpaired) electrons. The summed E-state index contributed by atoms with van der Waals surface area (Å²) >= 11 is 0. The van der Waals surface area contributed by atoms with Crippen molar-refractivity contribution in [2.45, 2.75) is 464 Å². The van der Waals surface area contributed by atoms with Crippen molar-refractivity contribution < 1.29 is 80.2 Å². The van der Waals surface area contributed by atoms with E-state index < -0.39 is 97.5 Å². The van der Waals surface area contributed by atoms with Crippen LogP contribution in [-0.2, 0) is 65.4 Å². The van der Waals surface area contributed by atoms with Crippen LogP contribution in [0.25, 0.3) is 0 Å². The van der Waals surface area contributed by atoms with Crippen molar-refractivity contribution in [3.8, 4) is 0 Å². The van der Waals surface area contributed by atoms with Crippen molar-refractivity contribution in [1.82, 2.24) is 0 Å². The molecule has 103 heavy (non-hydrogen) atoms. The minimum Gasteiger partial charge on any atom is -0.462 e. The zero-order valence-corrected chi connectivity index (χ0v) is 69.4. The third-order valence-electron chi connectivity index (χ3n) is 20.1. The summed E-state index contributed by atoms with van der Waals surface area (Å²) in [5.41, 5.74) is 0. The van der Waals surface area contributed by atoms with Gasteiger partial charge in [0.05, 0.1) is 26.4 Å². The number of rotatable bonds is 83. The Kier molecular flexibility index (Phi) is 74.1. The van der Waals surface area contributed by atoms with Crippen LogP contribution in [0, 0.1) is 11.8 Å². The molecule has 0 heterocycles. The summed E-state index contributed by atoms with van der Waals surface area (Å²) in [5.74, 6) is -0.499. The predicted octanol–water partition coefficient (Wildman–Crippen LogP) is 25.5. The molecule has 0 aliphatic carbocycles. The maximum atomic E-state index is 13.1. The normalized spacial score (nSPS) is 14.1. The van der Waals surface area contributed by atoms with Crippen LogP contribution in [0.4, 0.5) is 0 Å². The van der Waals surface area contributed by atoms with Crippen LogP contribution < -0.4 is 0 Å². The fraction of sp³-hybridized carbons (Fsp3) is 0.952. The number of hydrogen-bond donors (Lipinski definition) is 3. The van der Waals surface area contributed by atoms with Gasteiger partial charge in [0.1, 0.15) is 19.3 Å². The third-order valence-corrected chi connectivity index (χ3v) is 22.0. The summed E-state index contributed by atoms with van der Waals surface area (Å²) in [5, 5.41) is 10.7. The first-order valence-corrected chi connectivity index (χ1v) is 46.5. The topological polar surface area (TPSA) is 237 Å². The number of carbonyl (C=O) groups is 4. The van der Waals surface area contributed by atoms with Crippen molar-refractivity contribution >= 4 is 39.5 Å². The Hall–Kier alpha value is -1.94. The van der Waals surface area contributed by atoms with E-state index in [0.717, 1.165) is 102 Å². The van der Waals surface area contributed by atoms with Gasteiger partial charge in [0.25, 0.3) is 0 Å². The molecule has 0 aromatic heterocycles. The number of unbranched alkanes of at least 4 members (excludes halogenated alkanes) is 52. The highest BCUT2D eigenvalue weighted by Gasteiger charge is 2.30. The number of ether oxygens (including phenoxy) is 4. The lowest BCUT2D eigenvalue weighted by Crippen LogP contribution is -2.30. The van der Waals surface area contributed by atoms with Gasteiger partial charge in [-0.1, -0.05) is 395 Å². The quantitative estimate of drug-likeness (QED) is 0.0222. The molecule has 0 saturated carbocycles. The maximum absolute atomic E-state index is 13.1. The van der Waals surface area contributed by atoms with Crippen molar-refractivity contribution in [1.29, 1.82) is 0 Å². The third kappa shape index (κ3) is 76.6. The Morgan fingerprint density at radius 2 is 0.495 bits per heavy atom. The molecule has 0 rings (SSSR count). The molecule has 0 aromatic carbocycles. The van der Waals surface area contributed by atoms with Crippen LogP contribution in [0.1, 0.15) is 446 Å². The molecule has 0 aliphatic rings. The van der Waals surface area contributed by atoms with E-state index >= 15 is 0 Å². The van der Waals surface area contributed by atoms with Crippen LogP contribution in [-0.4, -0.2) is 96.7 Å². The standard InChI is InChI=1S/C84H164O17P2/c1-7-10-12-14-16-18-20-21-22-23-24-28-31-34-37-43-49-55-61-67-82(87)95-73-79(100-83(88)68-62-56-50-44-38-35-32-29-26-25-27-30-33-36-41-47-53-59-65-77(6)9-3)74-98-102(90,91)96-70-78(85)71-97-103(92,93)99-75-80(72-94-81(86)66-60-54-48-42-19-17-15-13-11-8-2)101-84(89)69-63-57-51-45-39-40-46-52-58-64-76(4)5/h76-80,85H,7-75H2,1-6H3,(H,90,91)(H,92,93)/t77?,78-,79-,80-/m1/s1. The Morgan fingerprint density at radius 3 is 0.738 bits per heavy atom. The van der Waals surface area contributed by atoms with E-state index in [2.05, 4.69) is 41.5 Å². The first-order valence-electron chi connectivity index (χ1n) is 43.5. The number of aliphatic hydroxyl groups is 1. The van der Waals surface area contributed by atoms with E-state index in [1.807, 2.05) is 0 Å². The van der Waals surface area contributed by atoms with E-state index in [4.69, 9.17) is 37.0 Å². The first-order chi connectivity index (χ1) is 49.9. The van der Waals surface area contributed by atoms with Crippen LogP contribution >= 0.6 is 15.6 Å². The highest BCUT2D eigenvalue weighted by atomic mass is 31.2. The molecular formula is C84H164O17P2. The molecule has 0 amide bonds. The number of carbonyl (C=O) groups excluding carboxylic acids is 4. The molecule has 0 fully saturated rings. The Morgan fingerprint density at radius 1 is 0.282 bits per heavy atom. The molecule has 3 N–H and O–H groups in total. The fourth-order valence-corrected chi connectivity index (χ4v) is 14.6. The van der Waals surface area contributed by atoms with Gasteiger partial charge in [-0.2, -0.15) is 0 Å². The predicted molar refractivity (Wildman–Crippen MR) is 423 cm³/mol. The van der Waals surface area contributed by atoms with Gasteiger partial charge in [-0.25, -0.2) is 9.13 Å². The summed E-state index contributed by atoms with van der Waals surface area (Å²) < 4.78 is 68.8. The van der Waals surface area contributed by atoms with Crippen LogP contribution in [0.2, 0.25) is 0 Å². The lowest BCUT2D eigenvalue weighted by molar-refractivity contribution is -0.161. The number of phosphoric acid groups is 2. The van der Waals surface area contributed by atoms with Crippen LogP contribution in [0.5, 0.6) is 0 Å². The number of hydrogen-bond acceptors (Lipinski definition) is 15. The van der Waals surface area contributed by atoms with Gasteiger partial charge in [0, 0.05) is 25.7 Å². The van der Waals surface area contributed by atoms with Crippen molar-refractivity contribution in [3.63, 3.8) is 0 Å². The number of phosphoric ester groups is 2. The smallest absolute Gasteiger partial charge is 0.462 e. The molecule has 6 atom stereocenters. The summed E-state index contributed by atoms with van der Waals surface area (Å²) in [6.07, 6.45) is 66.7. The Bertz CT molecular complexity index is 1980. The monoisotopic (exact) mass is 1510 g/mol. The average molecular weight is 1510 g/mol. The Balaban J connectivity index is 5.20. The summed E-state index contributed by atoms with van der Waals surface area (Å²) in [6, 6.07) is 0. The number of aliphatic hydroxyl groups excluding tert-OH is 1. The van der Waals surface area contributed by atoms with Crippen molar-refractivity contribution in [3.05, 3.63) is 0 Å². The van der Waals surface area contributed by atoms with Crippen molar-refractivity contribution in [2.75, 3.05) is 39.6 Å². The van der Waals surface area contributed by atoms with E-state index in [-0.39, 0.29) is 25.7 Å². The van der Waals surface area contributed by atoms with Gasteiger partial charge in [-0.05, 0) is 37.5 Å². The lowest BCUT2D eigenvalue weighted by atomic mass is 9.99. The summed E-state index contributed by atoms with van der Waals surface area (Å²) in [6.45, 7) is 9.68. The van der Waals surface area contributed by atoms with Crippen molar-refractivity contribution in [2.24, 2.45) is 11.8 Å². The van der Waals surface area contributed by atoms with Gasteiger partial charge in [-0.15, -0.1) is 0 Å². The molecule has 0 spiro atoms. The summed E-state index contributed by atoms with van der Waals surface area (Å²) in [7, 11) is -9.92. The van der Waals surface area contributed by atoms with E-state index in [9.17, 15) is 43.2 Å². The minimum absolute atomic E-state index is 0.106. The molecule has 0 aromatic rings. The molecular weight excluding hydrogens is 1340 g/mol. The van der Waals surface area contributed by atoms with Gasteiger partial charge in [0.2, 0.25) is 0 Å². The molecule has 0 aliphatic heterocycles. The molecule has 0 bridgehead atoms. The van der Waals surface area contributed by atoms with Gasteiger partial charge in [-0.3, -0.25) is 37.3 Å². The van der Waals surface area contributed by atoms with E-state index in [0.29, 0.717) is 25.7 Å². The highest BCUT2D eigenvalue weighted by molar-refractivity contribution is 7.47. The fourth-order valence-electron chi connectivity index (χ4n) is 13.0. The van der Waals surface area contributed by atoms with Gasteiger partial charge < -0.3 is 33.8 Å². The molecule has 0 saturated heterocycles. The SMILES string of the molecule is CCCCCCCCCCCCCCCCCCCCCC(=O)OC[C@H](COP(=O)(O)OC[C@@H](O)COP(=O)(O)OC[C@@H](COC(=O)CCCCCCCCCCCC)OC(=O)CCCCCCCCCCCC(C)C)OC(=O)CCCCCCCCCCCCCCCCCCCCC(C)CC. The second-order valence-electron chi connectivity index (χ2n) is 30.9. The Labute approximate surface area is 632 Å². The first kappa shape index (κ1) is 101. The van der Waals surface area contributed by atoms with Gasteiger partial charge in [0.15, 0.2) is 12.2 Å². The average Bonchev–Trinajstić information content (AvgIpc) is 0.922. The zero-order valence-electron chi connectivity index (χ0n) is 67.6. The van der Waals surface area contributed by atoms with E-state index in [1.54, 1.807) is 0 Å². The van der Waals surface area contributed by atoms with Crippen LogP contribution in [0.3, 0.4) is 0 Å². The largest absolute Gasteiger partial charge is 0.472 e. The van der Waals surface area contributed by atoms with E-state index in [1.165, 1.54) is 263 Å². The second-order valence-corrected chi connectivity index (χ2v) is 33.8. The maximum Gasteiger partial charge on any atom is 0.472 e. The van der Waals surface area contributed by atoms with Gasteiger partial charge >= 0.3 is 39.5 Å². The molecule has 17 nitrogen and oxygen atoms in total. The highest BCUT2D eigenvalue weighted by Crippen LogP contribution is 2.45. The van der Waals surface area contributed by atoms with Crippen LogP contribution in [0.15, 0.2) is 0 Å². The summed E-state index contributed by atoms with van der Waals surface area (Å²) in [4.78, 5) is 73.1. The number of esters is 4. The molecule has 19 heteroatoms. The zero-order chi connectivity index (χ0) is 75.6. The molecule has 612 valence electrons. The lowest BCUT2D eigenvalue weighted by Gasteiger charge is -2.21. The minimum atomic E-state index is -4.96.